The van der Waals surface area contributed by atoms with Crippen LogP contribution in [0.1, 0.15) is 29.5 Å². The monoisotopic (exact) mass is 356 g/mol. The first kappa shape index (κ1) is 18.0. The van der Waals surface area contributed by atoms with E-state index < -0.39 is 0 Å². The Morgan fingerprint density at radius 1 is 1.20 bits per heavy atom. The third-order valence-corrected chi connectivity index (χ3v) is 5.16. The lowest BCUT2D eigenvalue weighted by atomic mass is 9.96. The van der Waals surface area contributed by atoms with Crippen LogP contribution in [0.15, 0.2) is 48.5 Å². The Labute approximate surface area is 155 Å². The fourth-order valence-electron chi connectivity index (χ4n) is 3.40. The van der Waals surface area contributed by atoms with Gasteiger partial charge in [0, 0.05) is 24.7 Å². The average Bonchev–Trinajstić information content (AvgIpc) is 2.63. The quantitative estimate of drug-likeness (QED) is 0.871. The van der Waals surface area contributed by atoms with Gasteiger partial charge in [0.25, 0.3) is 0 Å². The summed E-state index contributed by atoms with van der Waals surface area (Å²) in [6.45, 7) is 5.43. The van der Waals surface area contributed by atoms with E-state index in [2.05, 4.69) is 41.4 Å². The second-order valence-electron chi connectivity index (χ2n) is 6.85. The first-order chi connectivity index (χ1) is 12.1. The predicted octanol–water partition coefficient (Wildman–Crippen LogP) is 4.18. The number of aryl methyl sites for hydroxylation is 1. The number of carbonyl (C=O) groups is 1. The Kier molecular flexibility index (Phi) is 6.11. The number of benzene rings is 2. The van der Waals surface area contributed by atoms with Gasteiger partial charge in [0.15, 0.2) is 0 Å². The third-order valence-electron chi connectivity index (χ3n) is 4.91. The molecule has 0 saturated carbocycles. The molecule has 1 unspecified atom stereocenters. The van der Waals surface area contributed by atoms with Crippen LogP contribution in [0.5, 0.6) is 0 Å². The Morgan fingerprint density at radius 2 is 1.96 bits per heavy atom. The summed E-state index contributed by atoms with van der Waals surface area (Å²) in [4.78, 5) is 14.9. The van der Waals surface area contributed by atoms with Crippen molar-refractivity contribution < 1.29 is 4.79 Å². The van der Waals surface area contributed by atoms with Gasteiger partial charge in [0.1, 0.15) is 0 Å². The number of carbonyl (C=O) groups excluding carboxylic acids is 1. The SMILES string of the molecule is Cc1ccccc1CNC(=O)C1CCCN(Cc2ccc(Cl)cc2)C1. The molecule has 3 rings (SSSR count). The van der Waals surface area contributed by atoms with Gasteiger partial charge in [0.05, 0.1) is 5.92 Å². The van der Waals surface area contributed by atoms with Gasteiger partial charge in [-0.1, -0.05) is 48.0 Å². The minimum atomic E-state index is 0.0741. The molecule has 1 fully saturated rings. The van der Waals surface area contributed by atoms with Crippen molar-refractivity contribution in [2.75, 3.05) is 13.1 Å². The molecule has 2 aromatic rings. The van der Waals surface area contributed by atoms with E-state index in [1.807, 2.05) is 24.3 Å². The normalized spacial score (nSPS) is 18.1. The molecule has 3 nitrogen and oxygen atoms in total. The number of likely N-dealkylation sites (tertiary alicyclic amines) is 1. The van der Waals surface area contributed by atoms with Crippen LogP contribution < -0.4 is 5.32 Å². The molecule has 0 aromatic heterocycles. The van der Waals surface area contributed by atoms with Crippen LogP contribution in [0.2, 0.25) is 5.02 Å². The molecule has 1 N–H and O–H groups in total. The highest BCUT2D eigenvalue weighted by Gasteiger charge is 2.25. The molecule has 1 atom stereocenters. The number of hydrogen-bond donors (Lipinski definition) is 1. The van der Waals surface area contributed by atoms with Gasteiger partial charge in [-0.2, -0.15) is 0 Å². The van der Waals surface area contributed by atoms with Crippen molar-refractivity contribution in [1.82, 2.24) is 10.2 Å². The molecular weight excluding hydrogens is 332 g/mol. The zero-order valence-electron chi connectivity index (χ0n) is 14.7. The number of hydrogen-bond acceptors (Lipinski definition) is 2. The molecule has 1 saturated heterocycles. The number of piperidine rings is 1. The molecule has 25 heavy (non-hydrogen) atoms. The second kappa shape index (κ2) is 8.50. The highest BCUT2D eigenvalue weighted by molar-refractivity contribution is 6.30. The number of halogens is 1. The van der Waals surface area contributed by atoms with Crippen molar-refractivity contribution in [1.29, 1.82) is 0 Å². The zero-order valence-corrected chi connectivity index (χ0v) is 15.4. The van der Waals surface area contributed by atoms with Gasteiger partial charge in [-0.3, -0.25) is 9.69 Å². The predicted molar refractivity (Wildman–Crippen MR) is 102 cm³/mol. The smallest absolute Gasteiger partial charge is 0.224 e. The van der Waals surface area contributed by atoms with E-state index in [-0.39, 0.29) is 11.8 Å². The minimum Gasteiger partial charge on any atom is -0.352 e. The minimum absolute atomic E-state index is 0.0741. The van der Waals surface area contributed by atoms with Crippen LogP contribution >= 0.6 is 11.6 Å². The van der Waals surface area contributed by atoms with Crippen molar-refractivity contribution in [3.05, 3.63) is 70.2 Å². The van der Waals surface area contributed by atoms with E-state index in [4.69, 9.17) is 11.6 Å². The lowest BCUT2D eigenvalue weighted by molar-refractivity contribution is -0.126. The molecule has 1 aliphatic heterocycles. The lowest BCUT2D eigenvalue weighted by Crippen LogP contribution is -2.42. The summed E-state index contributed by atoms with van der Waals surface area (Å²) in [5.74, 6) is 0.245. The molecular formula is C21H25ClN2O. The van der Waals surface area contributed by atoms with Crippen molar-refractivity contribution in [2.45, 2.75) is 32.9 Å². The molecule has 132 valence electrons. The van der Waals surface area contributed by atoms with Gasteiger partial charge in [-0.25, -0.2) is 0 Å². The summed E-state index contributed by atoms with van der Waals surface area (Å²) < 4.78 is 0. The van der Waals surface area contributed by atoms with Crippen LogP contribution in [0.25, 0.3) is 0 Å². The summed E-state index contributed by atoms with van der Waals surface area (Å²) >= 11 is 5.95. The maximum atomic E-state index is 12.6. The number of nitrogens with one attached hydrogen (secondary N) is 1. The van der Waals surface area contributed by atoms with Crippen LogP contribution in [-0.4, -0.2) is 23.9 Å². The van der Waals surface area contributed by atoms with E-state index in [0.29, 0.717) is 6.54 Å². The summed E-state index contributed by atoms with van der Waals surface area (Å²) in [5.41, 5.74) is 3.64. The summed E-state index contributed by atoms with van der Waals surface area (Å²) in [6.07, 6.45) is 2.03. The van der Waals surface area contributed by atoms with Crippen molar-refractivity contribution in [3.63, 3.8) is 0 Å². The molecule has 4 heteroatoms. The van der Waals surface area contributed by atoms with E-state index in [1.54, 1.807) is 0 Å². The van der Waals surface area contributed by atoms with E-state index in [0.717, 1.165) is 37.5 Å². The van der Waals surface area contributed by atoms with Crippen molar-refractivity contribution in [3.8, 4) is 0 Å². The van der Waals surface area contributed by atoms with Crippen LogP contribution in [-0.2, 0) is 17.9 Å². The van der Waals surface area contributed by atoms with Crippen LogP contribution in [0.4, 0.5) is 0 Å². The zero-order chi connectivity index (χ0) is 17.6. The molecule has 2 aromatic carbocycles. The van der Waals surface area contributed by atoms with Crippen molar-refractivity contribution >= 4 is 17.5 Å². The van der Waals surface area contributed by atoms with Crippen LogP contribution in [0, 0.1) is 12.8 Å². The Balaban J connectivity index is 1.52. The standard InChI is InChI=1S/C21H25ClN2O/c1-16-5-2-3-6-18(16)13-23-21(25)19-7-4-12-24(15-19)14-17-8-10-20(22)11-9-17/h2-3,5-6,8-11,19H,4,7,12-15H2,1H3,(H,23,25). The number of rotatable bonds is 5. The molecule has 1 heterocycles. The fraction of sp³-hybridized carbons (Fsp3) is 0.381. The largest absolute Gasteiger partial charge is 0.352 e. The second-order valence-corrected chi connectivity index (χ2v) is 7.28. The van der Waals surface area contributed by atoms with Crippen LogP contribution in [0.3, 0.4) is 0 Å². The Bertz CT molecular complexity index is 714. The molecule has 0 bridgehead atoms. The lowest BCUT2D eigenvalue weighted by Gasteiger charge is -2.32. The van der Waals surface area contributed by atoms with E-state index >= 15 is 0 Å². The maximum absolute atomic E-state index is 12.6. The van der Waals surface area contributed by atoms with Gasteiger partial charge >= 0.3 is 0 Å². The molecule has 0 spiro atoms. The highest BCUT2D eigenvalue weighted by atomic mass is 35.5. The topological polar surface area (TPSA) is 32.3 Å². The Hall–Kier alpha value is -1.84. The summed E-state index contributed by atoms with van der Waals surface area (Å²) in [5, 5.41) is 3.88. The fourth-order valence-corrected chi connectivity index (χ4v) is 3.52. The van der Waals surface area contributed by atoms with E-state index in [9.17, 15) is 4.79 Å². The van der Waals surface area contributed by atoms with E-state index in [1.165, 1.54) is 16.7 Å². The van der Waals surface area contributed by atoms with Crippen molar-refractivity contribution in [2.24, 2.45) is 5.92 Å². The van der Waals surface area contributed by atoms with Gasteiger partial charge < -0.3 is 5.32 Å². The molecule has 1 amide bonds. The first-order valence-electron chi connectivity index (χ1n) is 8.91. The summed E-state index contributed by atoms with van der Waals surface area (Å²) in [6, 6.07) is 16.2. The van der Waals surface area contributed by atoms with Gasteiger partial charge in [0.2, 0.25) is 5.91 Å². The first-order valence-corrected chi connectivity index (χ1v) is 9.28. The Morgan fingerprint density at radius 3 is 2.72 bits per heavy atom. The summed E-state index contributed by atoms with van der Waals surface area (Å²) in [7, 11) is 0. The molecule has 1 aliphatic rings. The molecule has 0 radical (unpaired) electrons. The molecule has 0 aliphatic carbocycles. The third kappa shape index (κ3) is 5.07. The average molecular weight is 357 g/mol. The highest BCUT2D eigenvalue weighted by Crippen LogP contribution is 2.20. The van der Waals surface area contributed by atoms with Gasteiger partial charge in [-0.05, 0) is 55.1 Å². The number of amides is 1. The number of nitrogens with zero attached hydrogens (tertiary/aromatic N) is 1. The maximum Gasteiger partial charge on any atom is 0.224 e. The van der Waals surface area contributed by atoms with Gasteiger partial charge in [-0.15, -0.1) is 0 Å².